The maximum Gasteiger partial charge on any atom is 0.573 e. The zero-order valence-electron chi connectivity index (χ0n) is 15.4. The third kappa shape index (κ3) is 3.88. The fourth-order valence-corrected chi connectivity index (χ4v) is 4.02. The summed E-state index contributed by atoms with van der Waals surface area (Å²) < 4.78 is 41.6. The monoisotopic (exact) mass is 380 g/mol. The molecule has 1 spiro atoms. The van der Waals surface area contributed by atoms with Crippen LogP contribution in [-0.4, -0.2) is 36.3 Å². The number of hydrogen-bond donors (Lipinski definition) is 1. The van der Waals surface area contributed by atoms with E-state index in [9.17, 15) is 18.0 Å². The largest absolute Gasteiger partial charge is 0.573 e. The van der Waals surface area contributed by atoms with Gasteiger partial charge in [0, 0.05) is 25.2 Å². The Kier molecular flexibility index (Phi) is 5.08. The molecular weight excluding hydrogens is 357 g/mol. The summed E-state index contributed by atoms with van der Waals surface area (Å²) in [5.41, 5.74) is 1.31. The molecule has 0 bridgehead atoms. The van der Waals surface area contributed by atoms with Gasteiger partial charge in [0.2, 0.25) is 5.91 Å². The van der Waals surface area contributed by atoms with E-state index >= 15 is 0 Å². The maximum absolute atomic E-state index is 12.5. The lowest BCUT2D eigenvalue weighted by molar-refractivity contribution is -0.302. The van der Waals surface area contributed by atoms with E-state index in [1.807, 2.05) is 12.1 Å². The molecule has 2 aliphatic rings. The smallest absolute Gasteiger partial charge is 0.406 e. The Morgan fingerprint density at radius 3 is 2.74 bits per heavy atom. The van der Waals surface area contributed by atoms with E-state index in [4.69, 9.17) is 0 Å². The van der Waals surface area contributed by atoms with Gasteiger partial charge in [0.25, 0.3) is 0 Å². The second kappa shape index (κ2) is 7.03. The highest BCUT2D eigenvalue weighted by Crippen LogP contribution is 2.40. The summed E-state index contributed by atoms with van der Waals surface area (Å²) in [6.45, 7) is 5.79. The molecule has 2 fully saturated rings. The topological polar surface area (TPSA) is 41.6 Å². The highest BCUT2D eigenvalue weighted by atomic mass is 19.4. The number of rotatable bonds is 4. The van der Waals surface area contributed by atoms with Crippen molar-refractivity contribution in [3.8, 4) is 0 Å². The highest BCUT2D eigenvalue weighted by molar-refractivity contribution is 5.88. The van der Waals surface area contributed by atoms with Gasteiger partial charge in [-0.1, -0.05) is 30.9 Å². The number of allylic oxidation sites excluding steroid dienone is 2. The number of likely N-dealkylation sites (N-methyl/N-ethyl adjacent to an activating group) is 1. The van der Waals surface area contributed by atoms with Crippen molar-refractivity contribution in [1.82, 2.24) is 10.2 Å². The van der Waals surface area contributed by atoms with Gasteiger partial charge in [0.1, 0.15) is 11.3 Å². The summed E-state index contributed by atoms with van der Waals surface area (Å²) in [5, 5.41) is 3.47. The van der Waals surface area contributed by atoms with E-state index < -0.39 is 17.7 Å². The quantitative estimate of drug-likeness (QED) is 0.630. The molecule has 0 radical (unpaired) electrons. The second-order valence-electron chi connectivity index (χ2n) is 7.09. The average Bonchev–Trinajstić information content (AvgIpc) is 3.15. The first-order chi connectivity index (χ1) is 12.6. The third-order valence-electron chi connectivity index (χ3n) is 5.37. The van der Waals surface area contributed by atoms with Crippen molar-refractivity contribution in [3.05, 3.63) is 53.8 Å². The van der Waals surface area contributed by atoms with Gasteiger partial charge in [-0.15, -0.1) is 13.2 Å². The van der Waals surface area contributed by atoms with E-state index in [2.05, 4.69) is 16.6 Å². The first-order valence-corrected chi connectivity index (χ1v) is 8.90. The molecule has 27 heavy (non-hydrogen) atoms. The Hall–Kier alpha value is -2.28. The van der Waals surface area contributed by atoms with Gasteiger partial charge < -0.3 is 9.64 Å². The summed E-state index contributed by atoms with van der Waals surface area (Å²) in [6.07, 6.45) is -0.905. The van der Waals surface area contributed by atoms with Crippen LogP contribution in [0, 0.1) is 0 Å². The molecule has 2 saturated heterocycles. The van der Waals surface area contributed by atoms with Crippen molar-refractivity contribution in [2.75, 3.05) is 13.6 Å². The van der Waals surface area contributed by atoms with E-state index in [0.717, 1.165) is 31.4 Å². The minimum absolute atomic E-state index is 0.0182. The van der Waals surface area contributed by atoms with Gasteiger partial charge in [0.05, 0.1) is 0 Å². The Bertz CT molecular complexity index is 788. The number of nitrogens with one attached hydrogen (secondary N) is 1. The maximum atomic E-state index is 12.5. The van der Waals surface area contributed by atoms with Crippen molar-refractivity contribution in [2.24, 2.45) is 0 Å². The van der Waals surface area contributed by atoms with E-state index in [0.29, 0.717) is 11.1 Å². The molecule has 1 aromatic carbocycles. The average molecular weight is 380 g/mol. The number of nitrogens with zero attached hydrogens (tertiary/aromatic N) is 1. The predicted octanol–water partition coefficient (Wildman–Crippen LogP) is 4.17. The molecule has 1 aromatic rings. The van der Waals surface area contributed by atoms with Gasteiger partial charge in [0.15, 0.2) is 0 Å². The van der Waals surface area contributed by atoms with Gasteiger partial charge in [-0.25, -0.2) is 0 Å². The Balaban J connectivity index is 1.80. The normalized spacial score (nSPS) is 26.1. The number of hydrogen-bond acceptors (Lipinski definition) is 3. The van der Waals surface area contributed by atoms with Crippen LogP contribution < -0.4 is 5.32 Å². The van der Waals surface area contributed by atoms with Crippen LogP contribution in [0.25, 0.3) is 5.57 Å². The summed E-state index contributed by atoms with van der Waals surface area (Å²) in [7, 11) is 1.80. The number of amides is 1. The van der Waals surface area contributed by atoms with Gasteiger partial charge in [-0.05, 0) is 43.4 Å². The zero-order chi connectivity index (χ0) is 19.8. The number of carbonyl (C=O) groups excluding carboxylic acids is 1. The standard InChI is InChI=1S/C20H23F3N2O2/c1-4-16(13(2)27-20(21,22)23)14-6-5-7-15(12-14)17-8-9-19(24-17)10-11-25(3)18(19)26/h4-7,12,17,24H,2,8-11H2,1,3H3/b16-4+/t17-,19+/m1/s1. The first-order valence-electron chi connectivity index (χ1n) is 8.90. The number of likely N-dealkylation sites (tertiary alicyclic amines) is 1. The van der Waals surface area contributed by atoms with Crippen LogP contribution in [0.5, 0.6) is 0 Å². The van der Waals surface area contributed by atoms with Gasteiger partial charge >= 0.3 is 6.36 Å². The Morgan fingerprint density at radius 2 is 2.15 bits per heavy atom. The summed E-state index contributed by atoms with van der Waals surface area (Å²) in [5.74, 6) is -0.326. The predicted molar refractivity (Wildman–Crippen MR) is 96.5 cm³/mol. The molecule has 2 aliphatic heterocycles. The van der Waals surface area contributed by atoms with Crippen LogP contribution in [0.2, 0.25) is 0 Å². The fourth-order valence-electron chi connectivity index (χ4n) is 4.02. The summed E-state index contributed by atoms with van der Waals surface area (Å²) >= 11 is 0. The Morgan fingerprint density at radius 1 is 1.41 bits per heavy atom. The van der Waals surface area contributed by atoms with Crippen LogP contribution in [0.4, 0.5) is 13.2 Å². The van der Waals surface area contributed by atoms with Crippen molar-refractivity contribution >= 4 is 11.5 Å². The number of halogens is 3. The third-order valence-corrected chi connectivity index (χ3v) is 5.37. The van der Waals surface area contributed by atoms with E-state index in [1.165, 1.54) is 0 Å². The van der Waals surface area contributed by atoms with Crippen LogP contribution in [0.3, 0.4) is 0 Å². The minimum Gasteiger partial charge on any atom is -0.406 e. The SMILES string of the molecule is C=C(OC(F)(F)F)/C(=C\C)c1cccc([C@H]2CC[C@@]3(CCN(C)C3=O)N2)c1. The number of alkyl halides is 3. The van der Waals surface area contributed by atoms with Crippen LogP contribution in [-0.2, 0) is 9.53 Å². The summed E-state index contributed by atoms with van der Waals surface area (Å²) in [4.78, 5) is 14.2. The molecular formula is C20H23F3N2O2. The summed E-state index contributed by atoms with van der Waals surface area (Å²) in [6, 6.07) is 7.26. The first kappa shape index (κ1) is 19.5. The molecule has 3 rings (SSSR count). The molecule has 146 valence electrons. The molecule has 2 atom stereocenters. The second-order valence-corrected chi connectivity index (χ2v) is 7.09. The van der Waals surface area contributed by atoms with Crippen molar-refractivity contribution in [3.63, 3.8) is 0 Å². The molecule has 7 heteroatoms. The molecule has 0 saturated carbocycles. The molecule has 0 aromatic heterocycles. The number of benzene rings is 1. The zero-order valence-corrected chi connectivity index (χ0v) is 15.4. The molecule has 1 amide bonds. The number of carbonyl (C=O) groups is 1. The molecule has 2 heterocycles. The minimum atomic E-state index is -4.78. The lowest BCUT2D eigenvalue weighted by atomic mass is 9.95. The van der Waals surface area contributed by atoms with Crippen LogP contribution in [0.1, 0.15) is 43.4 Å². The fraction of sp³-hybridized carbons (Fsp3) is 0.450. The lowest BCUT2D eigenvalue weighted by Crippen LogP contribution is -2.47. The van der Waals surface area contributed by atoms with Crippen molar-refractivity contribution in [2.45, 2.75) is 44.1 Å². The van der Waals surface area contributed by atoms with Crippen molar-refractivity contribution in [1.29, 1.82) is 0 Å². The van der Waals surface area contributed by atoms with Gasteiger partial charge in [-0.2, -0.15) is 0 Å². The highest BCUT2D eigenvalue weighted by Gasteiger charge is 2.50. The molecule has 1 N–H and O–H groups in total. The molecule has 0 unspecified atom stereocenters. The molecule has 0 aliphatic carbocycles. The molecule has 4 nitrogen and oxygen atoms in total. The van der Waals surface area contributed by atoms with Crippen LogP contribution in [0.15, 0.2) is 42.7 Å². The Labute approximate surface area is 156 Å². The van der Waals surface area contributed by atoms with Gasteiger partial charge in [-0.3, -0.25) is 10.1 Å². The van der Waals surface area contributed by atoms with E-state index in [-0.39, 0.29) is 11.9 Å². The lowest BCUT2D eigenvalue weighted by Gasteiger charge is -2.24. The van der Waals surface area contributed by atoms with Crippen LogP contribution >= 0.6 is 0 Å². The van der Waals surface area contributed by atoms with E-state index in [1.54, 1.807) is 37.1 Å². The van der Waals surface area contributed by atoms with Crippen molar-refractivity contribution < 1.29 is 22.7 Å². The number of ether oxygens (including phenoxy) is 1.